The third kappa shape index (κ3) is 3.94. The van der Waals surface area contributed by atoms with Crippen molar-refractivity contribution in [1.82, 2.24) is 9.80 Å². The number of methoxy groups -OCH3 is 1. The third-order valence-electron chi connectivity index (χ3n) is 9.69. The third-order valence-corrected chi connectivity index (χ3v) is 11.1. The van der Waals surface area contributed by atoms with Crippen LogP contribution in [-0.2, 0) is 20.7 Å². The molecule has 0 amide bonds. The van der Waals surface area contributed by atoms with Crippen molar-refractivity contribution in [3.63, 3.8) is 0 Å². The maximum atomic E-state index is 13.0. The number of esters is 2. The van der Waals surface area contributed by atoms with Crippen molar-refractivity contribution < 1.29 is 38.4 Å². The molecule has 2 aromatic rings. The molecule has 3 N–H and O–H groups in total. The SMILES string of the molecule is COc1c(C)cc2c(c1O)C1C3[C@@H]4SCC(N)C(=O)OC[C@H](c5c6c(c(C)c(OC(C)=O)c54)OCO6)N3[C@@H](C#N)[C@@H](C2)N1C. The Balaban J connectivity index is 1.56. The number of hydrogen-bond acceptors (Lipinski definition) is 13. The number of nitrogens with zero attached hydrogens (tertiary/aromatic N) is 3. The van der Waals surface area contributed by atoms with Crippen LogP contribution in [0.3, 0.4) is 0 Å². The second-order valence-electron chi connectivity index (χ2n) is 12.0. The largest absolute Gasteiger partial charge is 0.504 e. The molecule has 0 spiro atoms. The highest BCUT2D eigenvalue weighted by Crippen LogP contribution is 2.64. The lowest BCUT2D eigenvalue weighted by Gasteiger charge is -2.61. The molecule has 2 fully saturated rings. The predicted molar refractivity (Wildman–Crippen MR) is 158 cm³/mol. The summed E-state index contributed by atoms with van der Waals surface area (Å²) in [6.45, 7) is 4.93. The summed E-state index contributed by atoms with van der Waals surface area (Å²) in [4.78, 5) is 29.8. The lowest BCUT2D eigenvalue weighted by atomic mass is 9.71. The Bertz CT molecular complexity index is 1640. The molecule has 232 valence electrons. The summed E-state index contributed by atoms with van der Waals surface area (Å²) in [6, 6.07) is 1.36. The van der Waals surface area contributed by atoms with E-state index < -0.39 is 47.4 Å². The molecule has 5 aliphatic heterocycles. The number of nitriles is 1. The standard InChI is InChI=1S/C31H34N4O8S/c1-12-6-15-7-17-18(8-32)35-19-9-40-31(38)16(33)10-44-30(24(35)23(34(17)4)20(15)25(37)26(12)39-5)22-21(19)29-28(41-11-42-29)13(2)27(22)43-14(3)36/h6,16-19,23-24,30,37H,7,9-11,33H2,1-5H3/t16?,17-,18+,19-,23?,24?,30-/m1/s1. The number of piperazine rings is 1. The molecule has 3 unspecified atom stereocenters. The monoisotopic (exact) mass is 622 g/mol. The summed E-state index contributed by atoms with van der Waals surface area (Å²) in [5.41, 5.74) is 10.8. The first kappa shape index (κ1) is 29.0. The van der Waals surface area contributed by atoms with Crippen LogP contribution in [0.5, 0.6) is 28.7 Å². The maximum absolute atomic E-state index is 13.0. The van der Waals surface area contributed by atoms with Gasteiger partial charge in [-0.1, -0.05) is 6.07 Å². The predicted octanol–water partition coefficient (Wildman–Crippen LogP) is 2.56. The summed E-state index contributed by atoms with van der Waals surface area (Å²) in [7, 11) is 3.51. The van der Waals surface area contributed by atoms with Crippen LogP contribution in [0.1, 0.15) is 57.6 Å². The second-order valence-corrected chi connectivity index (χ2v) is 13.2. The number of phenols is 1. The molecule has 44 heavy (non-hydrogen) atoms. The van der Waals surface area contributed by atoms with Crippen LogP contribution in [-0.4, -0.2) is 84.3 Å². The lowest BCUT2D eigenvalue weighted by molar-refractivity contribution is -0.150. The number of hydrogen-bond donors (Lipinski definition) is 2. The molecule has 5 heterocycles. The molecule has 7 atom stereocenters. The average Bonchev–Trinajstić information content (AvgIpc) is 3.47. The Labute approximate surface area is 258 Å². The van der Waals surface area contributed by atoms with Gasteiger partial charge in [-0.25, -0.2) is 0 Å². The summed E-state index contributed by atoms with van der Waals surface area (Å²) < 4.78 is 29.4. The number of benzene rings is 2. The first-order valence-corrected chi connectivity index (χ1v) is 15.6. The van der Waals surface area contributed by atoms with Gasteiger partial charge >= 0.3 is 11.9 Å². The first-order chi connectivity index (χ1) is 21.1. The molecule has 0 radical (unpaired) electrons. The van der Waals surface area contributed by atoms with E-state index in [0.29, 0.717) is 40.5 Å². The fourth-order valence-corrected chi connectivity index (χ4v) is 9.42. The quantitative estimate of drug-likeness (QED) is 0.372. The molecular formula is C31H34N4O8S. The van der Waals surface area contributed by atoms with Crippen molar-refractivity contribution in [3.8, 4) is 34.8 Å². The number of nitrogens with two attached hydrogens (primary N) is 1. The molecule has 12 nitrogen and oxygen atoms in total. The van der Waals surface area contributed by atoms with Crippen LogP contribution in [0, 0.1) is 25.2 Å². The van der Waals surface area contributed by atoms with Gasteiger partial charge in [-0.15, -0.1) is 11.8 Å². The first-order valence-electron chi connectivity index (χ1n) is 14.5. The van der Waals surface area contributed by atoms with Gasteiger partial charge in [0.15, 0.2) is 23.0 Å². The molecule has 2 saturated heterocycles. The highest BCUT2D eigenvalue weighted by atomic mass is 32.2. The summed E-state index contributed by atoms with van der Waals surface area (Å²) >= 11 is 1.44. The zero-order chi connectivity index (χ0) is 31.2. The van der Waals surface area contributed by atoms with Gasteiger partial charge in [0.05, 0.1) is 30.5 Å². The zero-order valence-electron chi connectivity index (χ0n) is 25.1. The van der Waals surface area contributed by atoms with E-state index in [1.165, 1.54) is 25.8 Å². The number of aromatic hydroxyl groups is 1. The van der Waals surface area contributed by atoms with Gasteiger partial charge < -0.3 is 34.5 Å². The van der Waals surface area contributed by atoms with Gasteiger partial charge in [-0.2, -0.15) is 5.26 Å². The average molecular weight is 623 g/mol. The maximum Gasteiger partial charge on any atom is 0.323 e. The van der Waals surface area contributed by atoms with E-state index in [2.05, 4.69) is 15.9 Å². The van der Waals surface area contributed by atoms with Crippen LogP contribution >= 0.6 is 11.8 Å². The van der Waals surface area contributed by atoms with Crippen molar-refractivity contribution in [3.05, 3.63) is 39.4 Å². The van der Waals surface area contributed by atoms with E-state index in [4.69, 9.17) is 29.4 Å². The van der Waals surface area contributed by atoms with Crippen LogP contribution < -0.4 is 24.7 Å². The molecule has 0 aliphatic carbocycles. The Morgan fingerprint density at radius 3 is 2.64 bits per heavy atom. The van der Waals surface area contributed by atoms with E-state index in [1.807, 2.05) is 27.0 Å². The highest BCUT2D eigenvalue weighted by molar-refractivity contribution is 7.99. The van der Waals surface area contributed by atoms with Crippen molar-refractivity contribution in [2.45, 2.75) is 68.7 Å². The number of carbonyl (C=O) groups excluding carboxylic acids is 2. The Morgan fingerprint density at radius 1 is 1.18 bits per heavy atom. The van der Waals surface area contributed by atoms with Crippen molar-refractivity contribution in [2.75, 3.05) is 33.3 Å². The van der Waals surface area contributed by atoms with Gasteiger partial charge in [-0.3, -0.25) is 19.4 Å². The van der Waals surface area contributed by atoms with E-state index in [0.717, 1.165) is 22.3 Å². The van der Waals surface area contributed by atoms with Crippen molar-refractivity contribution >= 4 is 23.7 Å². The van der Waals surface area contributed by atoms with E-state index in [9.17, 15) is 20.0 Å². The number of thioether (sulfide) groups is 1. The van der Waals surface area contributed by atoms with Crippen LogP contribution in [0.25, 0.3) is 0 Å². The number of carbonyl (C=O) groups is 2. The zero-order valence-corrected chi connectivity index (χ0v) is 25.9. The molecular weight excluding hydrogens is 588 g/mol. The number of aryl methyl sites for hydroxylation is 1. The smallest absolute Gasteiger partial charge is 0.323 e. The number of likely N-dealkylation sites (N-methyl/N-ethyl adjacent to an activating group) is 1. The number of cyclic esters (lactones) is 1. The second kappa shape index (κ2) is 10.4. The highest BCUT2D eigenvalue weighted by Gasteiger charge is 2.60. The van der Waals surface area contributed by atoms with Gasteiger partial charge in [0.25, 0.3) is 0 Å². The normalized spacial score (nSPS) is 30.4. The summed E-state index contributed by atoms with van der Waals surface area (Å²) in [6.07, 6.45) is 0.522. The Morgan fingerprint density at radius 2 is 1.93 bits per heavy atom. The summed E-state index contributed by atoms with van der Waals surface area (Å²) in [5.74, 6) is 0.953. The van der Waals surface area contributed by atoms with Crippen LogP contribution in [0.2, 0.25) is 0 Å². The minimum absolute atomic E-state index is 0.0270. The summed E-state index contributed by atoms with van der Waals surface area (Å²) in [5, 5.41) is 22.1. The fourth-order valence-electron chi connectivity index (χ4n) is 7.98. The van der Waals surface area contributed by atoms with Gasteiger partial charge in [-0.05, 0) is 38.4 Å². The number of fused-ring (bicyclic) bond motifs is 9. The lowest BCUT2D eigenvalue weighted by Crippen LogP contribution is -2.69. The van der Waals surface area contributed by atoms with Crippen LogP contribution in [0.4, 0.5) is 0 Å². The molecule has 5 aliphatic rings. The molecule has 13 heteroatoms. The number of ether oxygens (including phenoxy) is 5. The van der Waals surface area contributed by atoms with E-state index in [1.54, 1.807) is 0 Å². The Kier molecular flexibility index (Phi) is 6.89. The van der Waals surface area contributed by atoms with E-state index >= 15 is 0 Å². The Hall–Kier alpha value is -3.70. The van der Waals surface area contributed by atoms with Crippen LogP contribution in [0.15, 0.2) is 6.07 Å². The molecule has 7 rings (SSSR count). The molecule has 0 saturated carbocycles. The van der Waals surface area contributed by atoms with Gasteiger partial charge in [0, 0.05) is 47.0 Å². The fraction of sp³-hybridized carbons (Fsp3) is 0.516. The minimum atomic E-state index is -0.890. The minimum Gasteiger partial charge on any atom is -0.504 e. The van der Waals surface area contributed by atoms with Crippen molar-refractivity contribution in [1.29, 1.82) is 5.26 Å². The van der Waals surface area contributed by atoms with E-state index in [-0.39, 0.29) is 30.9 Å². The van der Waals surface area contributed by atoms with Gasteiger partial charge in [0.2, 0.25) is 6.79 Å². The topological polar surface area (TPSA) is 157 Å². The van der Waals surface area contributed by atoms with Crippen molar-refractivity contribution in [2.24, 2.45) is 5.73 Å². The van der Waals surface area contributed by atoms with Gasteiger partial charge in [0.1, 0.15) is 24.4 Å². The molecule has 0 aromatic heterocycles. The molecule has 2 aromatic carbocycles. The number of phenolic OH excluding ortho intramolecular Hbond substituents is 1. The molecule has 4 bridgehead atoms. The number of rotatable bonds is 2.